The molecule has 0 atom stereocenters. The number of carbonyl (C=O) groups excluding carboxylic acids is 1. The van der Waals surface area contributed by atoms with E-state index in [0.29, 0.717) is 13.1 Å². The molecule has 1 amide bonds. The van der Waals surface area contributed by atoms with Crippen LogP contribution in [0.4, 0.5) is 0 Å². The summed E-state index contributed by atoms with van der Waals surface area (Å²) in [5, 5.41) is 5.84. The van der Waals surface area contributed by atoms with Crippen LogP contribution in [0.3, 0.4) is 0 Å². The van der Waals surface area contributed by atoms with Gasteiger partial charge >= 0.3 is 0 Å². The van der Waals surface area contributed by atoms with Gasteiger partial charge in [-0.3, -0.25) is 4.79 Å². The van der Waals surface area contributed by atoms with E-state index in [-0.39, 0.29) is 5.91 Å². The van der Waals surface area contributed by atoms with Gasteiger partial charge in [-0.15, -0.1) is 6.58 Å². The SMILES string of the molecule is C=CCNCC(=O)NCCC1CC1. The third-order valence-corrected chi connectivity index (χ3v) is 2.15. The molecule has 1 aliphatic rings. The third-order valence-electron chi connectivity index (χ3n) is 2.15. The first-order valence-electron chi connectivity index (χ1n) is 4.91. The molecule has 0 aliphatic heterocycles. The van der Waals surface area contributed by atoms with Crippen molar-refractivity contribution in [2.45, 2.75) is 19.3 Å². The molecular formula is C10H18N2O. The fraction of sp³-hybridized carbons (Fsp3) is 0.700. The van der Waals surface area contributed by atoms with Crippen molar-refractivity contribution >= 4 is 5.91 Å². The van der Waals surface area contributed by atoms with Crippen LogP contribution in [-0.2, 0) is 4.79 Å². The molecular weight excluding hydrogens is 164 g/mol. The van der Waals surface area contributed by atoms with E-state index in [9.17, 15) is 4.79 Å². The Morgan fingerprint density at radius 1 is 1.54 bits per heavy atom. The van der Waals surface area contributed by atoms with Gasteiger partial charge in [0.15, 0.2) is 0 Å². The van der Waals surface area contributed by atoms with Gasteiger partial charge in [0, 0.05) is 13.1 Å². The third kappa shape index (κ3) is 5.42. The number of rotatable bonds is 7. The maximum Gasteiger partial charge on any atom is 0.233 e. The minimum atomic E-state index is 0.0856. The number of nitrogens with one attached hydrogen (secondary N) is 2. The Kier molecular flexibility index (Phi) is 4.54. The van der Waals surface area contributed by atoms with Crippen LogP contribution in [0.25, 0.3) is 0 Å². The lowest BCUT2D eigenvalue weighted by Gasteiger charge is -2.04. The number of hydrogen-bond acceptors (Lipinski definition) is 2. The fourth-order valence-corrected chi connectivity index (χ4v) is 1.17. The second-order valence-corrected chi connectivity index (χ2v) is 3.50. The average Bonchev–Trinajstić information content (AvgIpc) is 2.89. The summed E-state index contributed by atoms with van der Waals surface area (Å²) in [7, 11) is 0. The molecule has 1 saturated carbocycles. The summed E-state index contributed by atoms with van der Waals surface area (Å²) >= 11 is 0. The first-order chi connectivity index (χ1) is 6.33. The lowest BCUT2D eigenvalue weighted by molar-refractivity contribution is -0.120. The van der Waals surface area contributed by atoms with Gasteiger partial charge in [0.05, 0.1) is 6.54 Å². The molecule has 0 spiro atoms. The van der Waals surface area contributed by atoms with E-state index in [1.54, 1.807) is 6.08 Å². The highest BCUT2D eigenvalue weighted by Gasteiger charge is 2.20. The molecule has 74 valence electrons. The van der Waals surface area contributed by atoms with Crippen LogP contribution in [-0.4, -0.2) is 25.5 Å². The summed E-state index contributed by atoms with van der Waals surface area (Å²) in [6, 6.07) is 0. The first-order valence-corrected chi connectivity index (χ1v) is 4.91. The smallest absolute Gasteiger partial charge is 0.233 e. The number of carbonyl (C=O) groups is 1. The quantitative estimate of drug-likeness (QED) is 0.449. The first kappa shape index (κ1) is 10.3. The van der Waals surface area contributed by atoms with Crippen LogP contribution >= 0.6 is 0 Å². The summed E-state index contributed by atoms with van der Waals surface area (Å²) < 4.78 is 0. The summed E-state index contributed by atoms with van der Waals surface area (Å²) in [5.41, 5.74) is 0. The molecule has 0 aromatic carbocycles. The maximum atomic E-state index is 11.1. The summed E-state index contributed by atoms with van der Waals surface area (Å²) in [6.07, 6.45) is 5.60. The van der Waals surface area contributed by atoms with Crippen LogP contribution in [0.5, 0.6) is 0 Å². The van der Waals surface area contributed by atoms with Gasteiger partial charge in [-0.25, -0.2) is 0 Å². The van der Waals surface area contributed by atoms with Crippen LogP contribution in [0.15, 0.2) is 12.7 Å². The molecule has 0 aromatic rings. The van der Waals surface area contributed by atoms with Crippen molar-refractivity contribution in [1.82, 2.24) is 10.6 Å². The summed E-state index contributed by atoms with van der Waals surface area (Å²) in [6.45, 7) is 5.48. The van der Waals surface area contributed by atoms with E-state index in [4.69, 9.17) is 0 Å². The Morgan fingerprint density at radius 2 is 2.31 bits per heavy atom. The van der Waals surface area contributed by atoms with Crippen LogP contribution < -0.4 is 10.6 Å². The topological polar surface area (TPSA) is 41.1 Å². The van der Waals surface area contributed by atoms with E-state index in [1.807, 2.05) is 0 Å². The molecule has 0 radical (unpaired) electrons. The molecule has 0 saturated heterocycles. The molecule has 3 heteroatoms. The second-order valence-electron chi connectivity index (χ2n) is 3.50. The molecule has 0 heterocycles. The Morgan fingerprint density at radius 3 is 2.92 bits per heavy atom. The van der Waals surface area contributed by atoms with Crippen molar-refractivity contribution in [3.63, 3.8) is 0 Å². The van der Waals surface area contributed by atoms with Crippen molar-refractivity contribution in [2.24, 2.45) is 5.92 Å². The normalized spacial score (nSPS) is 15.4. The standard InChI is InChI=1S/C10H18N2O/c1-2-6-11-8-10(13)12-7-5-9-3-4-9/h2,9,11H,1,3-8H2,(H,12,13). The molecule has 1 aliphatic carbocycles. The van der Waals surface area contributed by atoms with Crippen molar-refractivity contribution < 1.29 is 4.79 Å². The van der Waals surface area contributed by atoms with E-state index in [0.717, 1.165) is 18.9 Å². The van der Waals surface area contributed by atoms with Crippen molar-refractivity contribution in [2.75, 3.05) is 19.6 Å². The highest BCUT2D eigenvalue weighted by atomic mass is 16.1. The zero-order valence-corrected chi connectivity index (χ0v) is 8.01. The Bertz CT molecular complexity index is 176. The fourth-order valence-electron chi connectivity index (χ4n) is 1.17. The van der Waals surface area contributed by atoms with Crippen molar-refractivity contribution in [3.8, 4) is 0 Å². The Balaban J connectivity index is 1.87. The Hall–Kier alpha value is -0.830. The molecule has 0 bridgehead atoms. The molecule has 1 fully saturated rings. The molecule has 3 nitrogen and oxygen atoms in total. The molecule has 1 rings (SSSR count). The maximum absolute atomic E-state index is 11.1. The van der Waals surface area contributed by atoms with Gasteiger partial charge < -0.3 is 10.6 Å². The minimum Gasteiger partial charge on any atom is -0.355 e. The lowest BCUT2D eigenvalue weighted by atomic mass is 10.3. The monoisotopic (exact) mass is 182 g/mol. The van der Waals surface area contributed by atoms with Gasteiger partial charge in [0.25, 0.3) is 0 Å². The molecule has 13 heavy (non-hydrogen) atoms. The van der Waals surface area contributed by atoms with Crippen LogP contribution in [0.2, 0.25) is 0 Å². The minimum absolute atomic E-state index is 0.0856. The predicted octanol–water partition coefficient (Wildman–Crippen LogP) is 0.678. The number of hydrogen-bond donors (Lipinski definition) is 2. The molecule has 0 aromatic heterocycles. The van der Waals surface area contributed by atoms with Crippen LogP contribution in [0, 0.1) is 5.92 Å². The predicted molar refractivity (Wildman–Crippen MR) is 53.4 cm³/mol. The van der Waals surface area contributed by atoms with Crippen molar-refractivity contribution in [3.05, 3.63) is 12.7 Å². The average molecular weight is 182 g/mol. The van der Waals surface area contributed by atoms with E-state index >= 15 is 0 Å². The zero-order valence-electron chi connectivity index (χ0n) is 8.01. The molecule has 0 unspecified atom stereocenters. The largest absolute Gasteiger partial charge is 0.355 e. The second kappa shape index (κ2) is 5.75. The van der Waals surface area contributed by atoms with E-state index < -0.39 is 0 Å². The van der Waals surface area contributed by atoms with Gasteiger partial charge in [-0.05, 0) is 12.3 Å². The van der Waals surface area contributed by atoms with Gasteiger partial charge in [0.1, 0.15) is 0 Å². The Labute approximate surface area is 79.6 Å². The van der Waals surface area contributed by atoms with E-state index in [2.05, 4.69) is 17.2 Å². The van der Waals surface area contributed by atoms with Gasteiger partial charge in [-0.2, -0.15) is 0 Å². The van der Waals surface area contributed by atoms with E-state index in [1.165, 1.54) is 12.8 Å². The summed E-state index contributed by atoms with van der Waals surface area (Å²) in [4.78, 5) is 11.1. The zero-order chi connectivity index (χ0) is 9.52. The highest BCUT2D eigenvalue weighted by Crippen LogP contribution is 2.31. The number of amides is 1. The highest BCUT2D eigenvalue weighted by molar-refractivity contribution is 5.77. The van der Waals surface area contributed by atoms with Crippen molar-refractivity contribution in [1.29, 1.82) is 0 Å². The van der Waals surface area contributed by atoms with Gasteiger partial charge in [-0.1, -0.05) is 18.9 Å². The molecule has 2 N–H and O–H groups in total. The van der Waals surface area contributed by atoms with Crippen LogP contribution in [0.1, 0.15) is 19.3 Å². The van der Waals surface area contributed by atoms with Gasteiger partial charge in [0.2, 0.25) is 5.91 Å². The summed E-state index contributed by atoms with van der Waals surface area (Å²) in [5.74, 6) is 0.976. The lowest BCUT2D eigenvalue weighted by Crippen LogP contribution is -2.34.